The van der Waals surface area contributed by atoms with Crippen LogP contribution < -0.4 is 9.64 Å². The molecule has 12 heteroatoms. The number of aromatic nitrogens is 3. The number of hydrogen-bond acceptors (Lipinski definition) is 9. The van der Waals surface area contributed by atoms with E-state index in [1.807, 2.05) is 49.9 Å². The van der Waals surface area contributed by atoms with E-state index < -0.39 is 22.5 Å². The zero-order chi connectivity index (χ0) is 32.4. The molecule has 2 unspecified atom stereocenters. The van der Waals surface area contributed by atoms with E-state index in [1.54, 1.807) is 17.2 Å². The fourth-order valence-corrected chi connectivity index (χ4v) is 7.52. The highest BCUT2D eigenvalue weighted by Crippen LogP contribution is 2.45. The molecular formula is C34H38ClFN6O4. The van der Waals surface area contributed by atoms with Crippen LogP contribution >= 0.6 is 11.6 Å². The van der Waals surface area contributed by atoms with Gasteiger partial charge in [-0.15, -0.1) is 0 Å². The minimum atomic E-state index is -1.03. The van der Waals surface area contributed by atoms with Gasteiger partial charge in [-0.2, -0.15) is 9.97 Å². The molecule has 3 atom stereocenters. The van der Waals surface area contributed by atoms with Crippen LogP contribution in [-0.4, -0.2) is 91.9 Å². The fourth-order valence-electron chi connectivity index (χ4n) is 7.06. The molecule has 3 saturated heterocycles. The van der Waals surface area contributed by atoms with Crippen LogP contribution in [0.3, 0.4) is 0 Å². The van der Waals surface area contributed by atoms with Crippen LogP contribution in [0, 0.1) is 5.82 Å². The molecule has 2 aromatic heterocycles. The van der Waals surface area contributed by atoms with E-state index in [0.717, 1.165) is 30.2 Å². The molecule has 1 N–H and O–H groups in total. The summed E-state index contributed by atoms with van der Waals surface area (Å²) in [6.45, 7) is 7.52. The SMILES string of the molecule is CN1CCC[C@H]1COc1nc(N2CC3CCC(Cl)(C2)N3C(=O)OC(C)(C)C)c2cnc(-c3cc(O)cc4ccccc34)c(F)c2n1. The van der Waals surface area contributed by atoms with Crippen molar-refractivity contribution in [1.82, 2.24) is 24.8 Å². The number of likely N-dealkylation sites (N-methyl/N-ethyl adjacent to an activating group) is 1. The first kappa shape index (κ1) is 30.7. The van der Waals surface area contributed by atoms with Gasteiger partial charge in [-0.25, -0.2) is 9.18 Å². The lowest BCUT2D eigenvalue weighted by Crippen LogP contribution is -2.61. The lowest BCUT2D eigenvalue weighted by Gasteiger charge is -2.46. The summed E-state index contributed by atoms with van der Waals surface area (Å²) in [5.41, 5.74) is -0.0865. The first-order chi connectivity index (χ1) is 21.9. The zero-order valence-electron chi connectivity index (χ0n) is 26.5. The van der Waals surface area contributed by atoms with Crippen LogP contribution in [0.2, 0.25) is 0 Å². The van der Waals surface area contributed by atoms with Gasteiger partial charge in [-0.05, 0) is 83.0 Å². The van der Waals surface area contributed by atoms with Gasteiger partial charge in [-0.1, -0.05) is 35.9 Å². The number of nitrogens with zero attached hydrogens (tertiary/aromatic N) is 6. The topological polar surface area (TPSA) is 104 Å². The number of likely N-dealkylation sites (tertiary alicyclic amines) is 1. The van der Waals surface area contributed by atoms with Crippen molar-refractivity contribution in [1.29, 1.82) is 0 Å². The second kappa shape index (κ2) is 11.4. The molecule has 0 saturated carbocycles. The van der Waals surface area contributed by atoms with Gasteiger partial charge < -0.3 is 24.4 Å². The number of carbonyl (C=O) groups excluding carboxylic acids is 1. The minimum Gasteiger partial charge on any atom is -0.508 e. The highest BCUT2D eigenvalue weighted by Gasteiger charge is 2.54. The second-order valence-corrected chi connectivity index (χ2v) is 14.4. The first-order valence-corrected chi connectivity index (χ1v) is 16.2. The second-order valence-electron chi connectivity index (χ2n) is 13.7. The molecule has 4 aromatic rings. The third kappa shape index (κ3) is 5.53. The highest BCUT2D eigenvalue weighted by atomic mass is 35.5. The number of anilines is 1. The Bertz CT molecular complexity index is 1840. The van der Waals surface area contributed by atoms with Gasteiger partial charge in [0.2, 0.25) is 0 Å². The van der Waals surface area contributed by atoms with Gasteiger partial charge in [0.15, 0.2) is 5.82 Å². The van der Waals surface area contributed by atoms with Crippen molar-refractivity contribution in [2.24, 2.45) is 0 Å². The minimum absolute atomic E-state index is 0.00817. The highest BCUT2D eigenvalue weighted by molar-refractivity contribution is 6.25. The van der Waals surface area contributed by atoms with Gasteiger partial charge in [0.05, 0.1) is 18.0 Å². The molecule has 0 aliphatic carbocycles. The Balaban J connectivity index is 1.31. The van der Waals surface area contributed by atoms with E-state index in [0.29, 0.717) is 42.8 Å². The molecule has 46 heavy (non-hydrogen) atoms. The summed E-state index contributed by atoms with van der Waals surface area (Å²) in [5, 5.41) is 12.4. The zero-order valence-corrected chi connectivity index (χ0v) is 27.2. The molecule has 3 fully saturated rings. The van der Waals surface area contributed by atoms with Crippen molar-refractivity contribution in [3.63, 3.8) is 0 Å². The molecule has 0 radical (unpaired) electrons. The number of fused-ring (bicyclic) bond motifs is 4. The average molecular weight is 649 g/mol. The summed E-state index contributed by atoms with van der Waals surface area (Å²) < 4.78 is 28.6. The number of hydrogen-bond donors (Lipinski definition) is 1. The number of piperazine rings is 1. The number of phenols is 1. The van der Waals surface area contributed by atoms with Crippen LogP contribution in [-0.2, 0) is 4.74 Å². The van der Waals surface area contributed by atoms with E-state index in [9.17, 15) is 9.90 Å². The van der Waals surface area contributed by atoms with Gasteiger partial charge >= 0.3 is 12.1 Å². The number of alkyl halides is 1. The Kier molecular flexibility index (Phi) is 7.59. The largest absolute Gasteiger partial charge is 0.508 e. The molecule has 10 nitrogen and oxygen atoms in total. The molecule has 2 bridgehead atoms. The number of carbonyl (C=O) groups is 1. The summed E-state index contributed by atoms with van der Waals surface area (Å²) >= 11 is 7.19. The maximum absolute atomic E-state index is 16.7. The van der Waals surface area contributed by atoms with Crippen molar-refractivity contribution < 1.29 is 23.8 Å². The monoisotopic (exact) mass is 648 g/mol. The van der Waals surface area contributed by atoms with Crippen LogP contribution in [0.25, 0.3) is 32.9 Å². The Morgan fingerprint density at radius 2 is 1.98 bits per heavy atom. The molecule has 5 heterocycles. The van der Waals surface area contributed by atoms with E-state index in [-0.39, 0.29) is 41.6 Å². The van der Waals surface area contributed by atoms with Crippen molar-refractivity contribution >= 4 is 45.2 Å². The maximum atomic E-state index is 16.7. The van der Waals surface area contributed by atoms with E-state index in [4.69, 9.17) is 26.1 Å². The molecule has 3 aliphatic rings. The van der Waals surface area contributed by atoms with Crippen molar-refractivity contribution in [3.8, 4) is 23.0 Å². The lowest BCUT2D eigenvalue weighted by atomic mass is 10.00. The summed E-state index contributed by atoms with van der Waals surface area (Å²) in [7, 11) is 2.06. The van der Waals surface area contributed by atoms with Gasteiger partial charge in [0.25, 0.3) is 0 Å². The quantitative estimate of drug-likeness (QED) is 0.197. The Morgan fingerprint density at radius 3 is 2.72 bits per heavy atom. The number of ether oxygens (including phenoxy) is 2. The predicted octanol–water partition coefficient (Wildman–Crippen LogP) is 6.32. The summed E-state index contributed by atoms with van der Waals surface area (Å²) in [5.74, 6) is -0.191. The van der Waals surface area contributed by atoms with Crippen LogP contribution in [0.15, 0.2) is 42.6 Å². The van der Waals surface area contributed by atoms with Crippen LogP contribution in [0.5, 0.6) is 11.8 Å². The summed E-state index contributed by atoms with van der Waals surface area (Å²) in [6, 6.07) is 10.6. The first-order valence-electron chi connectivity index (χ1n) is 15.8. The van der Waals surface area contributed by atoms with Crippen molar-refractivity contribution in [3.05, 3.63) is 48.4 Å². The Morgan fingerprint density at radius 1 is 1.17 bits per heavy atom. The van der Waals surface area contributed by atoms with Crippen molar-refractivity contribution in [2.75, 3.05) is 38.2 Å². The number of amides is 1. The Hall–Kier alpha value is -3.96. The third-order valence-electron chi connectivity index (χ3n) is 9.23. The van der Waals surface area contributed by atoms with E-state index in [1.165, 1.54) is 6.07 Å². The van der Waals surface area contributed by atoms with Crippen LogP contribution in [0.1, 0.15) is 46.5 Å². The van der Waals surface area contributed by atoms with Crippen molar-refractivity contribution in [2.45, 2.75) is 69.1 Å². The standard InChI is InChI=1S/C34H38ClFN6O4/c1-33(2,3)46-32(44)42-21-11-12-34(42,35)19-41(17-21)30-26-16-37-28(25-15-23(43)14-20-8-5-6-10-24(20)25)27(36)29(26)38-31(39-30)45-18-22-9-7-13-40(22)4/h5-6,8,10,14-16,21-22,43H,7,9,11-13,17-19H2,1-4H3/t21?,22-,34?/m0/s1. The van der Waals surface area contributed by atoms with Gasteiger partial charge in [-0.3, -0.25) is 9.88 Å². The number of halogens is 2. The summed E-state index contributed by atoms with van der Waals surface area (Å²) in [6.07, 6.45) is 4.47. The lowest BCUT2D eigenvalue weighted by molar-refractivity contribution is 0.00717. The number of aromatic hydroxyl groups is 1. The van der Waals surface area contributed by atoms with Gasteiger partial charge in [0, 0.05) is 24.3 Å². The number of benzene rings is 2. The fraction of sp³-hybridized carbons (Fsp3) is 0.471. The normalized spacial score (nSPS) is 23.4. The smallest absolute Gasteiger partial charge is 0.412 e. The molecule has 0 spiro atoms. The predicted molar refractivity (Wildman–Crippen MR) is 175 cm³/mol. The van der Waals surface area contributed by atoms with E-state index in [2.05, 4.69) is 21.9 Å². The molecule has 2 aromatic carbocycles. The number of pyridine rings is 1. The molecule has 242 valence electrons. The number of phenolic OH excluding ortho intramolecular Hbond substituents is 1. The molecule has 1 amide bonds. The molecule has 7 rings (SSSR count). The third-order valence-corrected chi connectivity index (χ3v) is 9.72. The molecule has 3 aliphatic heterocycles. The Labute approximate surface area is 272 Å². The van der Waals surface area contributed by atoms with Crippen LogP contribution in [0.4, 0.5) is 15.0 Å². The van der Waals surface area contributed by atoms with E-state index >= 15 is 4.39 Å². The molecular weight excluding hydrogens is 611 g/mol. The maximum Gasteiger partial charge on any atom is 0.412 e. The number of rotatable bonds is 5. The average Bonchev–Trinajstić information content (AvgIpc) is 3.50. The van der Waals surface area contributed by atoms with Gasteiger partial charge in [0.1, 0.15) is 40.0 Å². The summed E-state index contributed by atoms with van der Waals surface area (Å²) in [4.78, 5) is 32.0.